The quantitative estimate of drug-likeness (QED) is 0.113. The first-order valence-electron chi connectivity index (χ1n) is 18.2. The SMILES string of the molecule is O=S(=O)(Oc1cc(N(c2ccccc2)c2ccc3c(c2)sc2ccccc23)c2sc3ccc(N(c4ccccc4)c4cccc5ccccc45)cc3c2c1)C(F)(F)F. The molecule has 0 aliphatic rings. The summed E-state index contributed by atoms with van der Waals surface area (Å²) in [5.74, 6) is -0.456. The van der Waals surface area contributed by atoms with Crippen molar-refractivity contribution in [1.29, 1.82) is 0 Å². The first kappa shape index (κ1) is 36.0. The van der Waals surface area contributed by atoms with Crippen molar-refractivity contribution in [3.63, 3.8) is 0 Å². The van der Waals surface area contributed by atoms with Gasteiger partial charge in [0.2, 0.25) is 0 Å². The van der Waals surface area contributed by atoms with E-state index >= 15 is 0 Å². The molecule has 11 heteroatoms. The number of fused-ring (bicyclic) bond motifs is 7. The molecule has 2 aromatic heterocycles. The van der Waals surface area contributed by atoms with Crippen LogP contribution in [0.5, 0.6) is 5.75 Å². The van der Waals surface area contributed by atoms with Crippen molar-refractivity contribution in [3.8, 4) is 5.75 Å². The molecule has 10 rings (SSSR count). The van der Waals surface area contributed by atoms with Gasteiger partial charge in [0.1, 0.15) is 5.75 Å². The molecule has 0 spiro atoms. The third-order valence-electron chi connectivity index (χ3n) is 10.2. The van der Waals surface area contributed by atoms with Crippen molar-refractivity contribution < 1.29 is 25.8 Å². The molecular formula is C47H29F3N2O3S3. The Morgan fingerprint density at radius 3 is 1.78 bits per heavy atom. The summed E-state index contributed by atoms with van der Waals surface area (Å²) in [6, 6.07) is 56.7. The summed E-state index contributed by atoms with van der Waals surface area (Å²) in [5.41, 5.74) is -1.04. The second-order valence-corrected chi connectivity index (χ2v) is 17.4. The highest BCUT2D eigenvalue weighted by Crippen LogP contribution is 2.50. The van der Waals surface area contributed by atoms with Gasteiger partial charge in [0.05, 0.1) is 16.1 Å². The van der Waals surface area contributed by atoms with Crippen molar-refractivity contribution in [2.45, 2.75) is 5.51 Å². The molecule has 10 aromatic rings. The van der Waals surface area contributed by atoms with Gasteiger partial charge in [-0.25, -0.2) is 0 Å². The molecule has 58 heavy (non-hydrogen) atoms. The van der Waals surface area contributed by atoms with E-state index in [1.54, 1.807) is 11.3 Å². The third-order valence-corrected chi connectivity index (χ3v) is 13.5. The maximum Gasteiger partial charge on any atom is 0.534 e. The zero-order valence-electron chi connectivity index (χ0n) is 30.2. The zero-order chi connectivity index (χ0) is 39.6. The summed E-state index contributed by atoms with van der Waals surface area (Å²) in [6.07, 6.45) is 0. The average molecular weight is 823 g/mol. The molecule has 0 saturated heterocycles. The van der Waals surface area contributed by atoms with Crippen LogP contribution in [0.25, 0.3) is 51.1 Å². The maximum atomic E-state index is 13.9. The number of nitrogens with zero attached hydrogens (tertiary/aromatic N) is 2. The number of halogens is 3. The van der Waals surface area contributed by atoms with E-state index < -0.39 is 21.4 Å². The smallest absolute Gasteiger partial charge is 0.376 e. The molecule has 0 aliphatic heterocycles. The molecule has 284 valence electrons. The van der Waals surface area contributed by atoms with Crippen molar-refractivity contribution >= 4 is 118 Å². The molecule has 8 aromatic carbocycles. The molecule has 0 N–H and O–H groups in total. The van der Waals surface area contributed by atoms with Gasteiger partial charge in [0, 0.05) is 69.8 Å². The highest BCUT2D eigenvalue weighted by Gasteiger charge is 2.48. The molecule has 0 bridgehead atoms. The van der Waals surface area contributed by atoms with Gasteiger partial charge in [0.15, 0.2) is 0 Å². The van der Waals surface area contributed by atoms with Gasteiger partial charge >= 0.3 is 15.6 Å². The van der Waals surface area contributed by atoms with E-state index in [-0.39, 0.29) is 0 Å². The zero-order valence-corrected chi connectivity index (χ0v) is 32.7. The van der Waals surface area contributed by atoms with Crippen molar-refractivity contribution in [2.75, 3.05) is 9.80 Å². The molecular weight excluding hydrogens is 794 g/mol. The summed E-state index contributed by atoms with van der Waals surface area (Å²) in [5, 5.41) is 5.58. The molecule has 0 amide bonds. The summed E-state index contributed by atoms with van der Waals surface area (Å²) in [4.78, 5) is 4.10. The summed E-state index contributed by atoms with van der Waals surface area (Å²) in [6.45, 7) is 0. The number of alkyl halides is 3. The lowest BCUT2D eigenvalue weighted by molar-refractivity contribution is -0.0500. The Hall–Kier alpha value is -6.40. The number of hydrogen-bond donors (Lipinski definition) is 0. The third kappa shape index (κ3) is 6.19. The minimum Gasteiger partial charge on any atom is -0.376 e. The highest BCUT2D eigenvalue weighted by molar-refractivity contribution is 7.88. The number of hydrogen-bond acceptors (Lipinski definition) is 7. The lowest BCUT2D eigenvalue weighted by Gasteiger charge is -2.27. The summed E-state index contributed by atoms with van der Waals surface area (Å²) in [7, 11) is -6.01. The Morgan fingerprint density at radius 2 is 1.03 bits per heavy atom. The van der Waals surface area contributed by atoms with Gasteiger partial charge in [-0.2, -0.15) is 21.6 Å². The van der Waals surface area contributed by atoms with Gasteiger partial charge in [0.25, 0.3) is 0 Å². The summed E-state index contributed by atoms with van der Waals surface area (Å²) >= 11 is 3.12. The second kappa shape index (κ2) is 13.9. The largest absolute Gasteiger partial charge is 0.534 e. The Balaban J connectivity index is 1.23. The van der Waals surface area contributed by atoms with Crippen molar-refractivity contribution in [3.05, 3.63) is 176 Å². The van der Waals surface area contributed by atoms with Gasteiger partial charge < -0.3 is 14.0 Å². The standard InChI is InChI=1S/C47H29F3N2O3S3/c48-47(49,50)58(53,54)55-35-28-40-39-26-33(51(31-14-3-1-4-15-31)41-20-11-13-30-12-7-8-18-36(30)41)23-25-44(39)57-46(40)42(29-35)52(32-16-5-2-6-17-32)34-22-24-38-37-19-9-10-21-43(37)56-45(38)27-34/h1-29H. The van der Waals surface area contributed by atoms with Crippen molar-refractivity contribution in [1.82, 2.24) is 0 Å². The molecule has 0 unspecified atom stereocenters. The van der Waals surface area contributed by atoms with Crippen LogP contribution in [-0.4, -0.2) is 13.9 Å². The number of thiophene rings is 2. The van der Waals surface area contributed by atoms with Crippen LogP contribution in [0.15, 0.2) is 176 Å². The average Bonchev–Trinajstić information content (AvgIpc) is 3.79. The minimum atomic E-state index is -6.01. The van der Waals surface area contributed by atoms with E-state index in [1.807, 2.05) is 126 Å². The van der Waals surface area contributed by atoms with Crippen LogP contribution >= 0.6 is 22.7 Å². The molecule has 0 fully saturated rings. The first-order valence-corrected chi connectivity index (χ1v) is 21.3. The van der Waals surface area contributed by atoms with E-state index in [9.17, 15) is 21.6 Å². The van der Waals surface area contributed by atoms with Crippen LogP contribution in [0.3, 0.4) is 0 Å². The summed E-state index contributed by atoms with van der Waals surface area (Å²) < 4.78 is 75.6. The lowest BCUT2D eigenvalue weighted by Crippen LogP contribution is -2.28. The molecule has 0 saturated carbocycles. The van der Waals surface area contributed by atoms with Crippen LogP contribution in [0, 0.1) is 0 Å². The monoisotopic (exact) mass is 822 g/mol. The van der Waals surface area contributed by atoms with Gasteiger partial charge in [-0.15, -0.1) is 22.7 Å². The van der Waals surface area contributed by atoms with Gasteiger partial charge in [-0.05, 0) is 78.2 Å². The number of anilines is 6. The fourth-order valence-electron chi connectivity index (χ4n) is 7.62. The van der Waals surface area contributed by atoms with Crippen molar-refractivity contribution in [2.24, 2.45) is 0 Å². The Morgan fingerprint density at radius 1 is 0.448 bits per heavy atom. The van der Waals surface area contributed by atoms with E-state index in [0.29, 0.717) is 11.1 Å². The van der Waals surface area contributed by atoms with Gasteiger partial charge in [-0.1, -0.05) is 97.1 Å². The Labute approximate surface area is 339 Å². The number of para-hydroxylation sites is 2. The van der Waals surface area contributed by atoms with Crippen LogP contribution in [0.1, 0.15) is 0 Å². The Bertz CT molecular complexity index is 3290. The molecule has 0 atom stereocenters. The fraction of sp³-hybridized carbons (Fsp3) is 0.0213. The number of rotatable bonds is 8. The van der Waals surface area contributed by atoms with E-state index in [4.69, 9.17) is 4.18 Å². The Kier molecular flexibility index (Phi) is 8.63. The highest BCUT2D eigenvalue weighted by atomic mass is 32.2. The topological polar surface area (TPSA) is 49.9 Å². The van der Waals surface area contributed by atoms with Crippen LogP contribution in [0.2, 0.25) is 0 Å². The number of benzene rings is 8. The minimum absolute atomic E-state index is 0.456. The maximum absolute atomic E-state index is 13.9. The van der Waals surface area contributed by atoms with Crippen LogP contribution < -0.4 is 14.0 Å². The van der Waals surface area contributed by atoms with E-state index in [1.165, 1.54) is 23.5 Å². The lowest BCUT2D eigenvalue weighted by atomic mass is 10.1. The predicted molar refractivity (Wildman–Crippen MR) is 235 cm³/mol. The van der Waals surface area contributed by atoms with Gasteiger partial charge in [-0.3, -0.25) is 0 Å². The fourth-order valence-corrected chi connectivity index (χ4v) is 10.4. The van der Waals surface area contributed by atoms with E-state index in [0.717, 1.165) is 74.2 Å². The second-order valence-electron chi connectivity index (χ2n) is 13.7. The molecule has 5 nitrogen and oxygen atoms in total. The molecule has 0 aliphatic carbocycles. The van der Waals surface area contributed by atoms with Crippen LogP contribution in [0.4, 0.5) is 47.3 Å². The molecule has 2 heterocycles. The first-order chi connectivity index (χ1) is 28.1. The van der Waals surface area contributed by atoms with E-state index in [2.05, 4.69) is 47.4 Å². The van der Waals surface area contributed by atoms with Crippen LogP contribution in [-0.2, 0) is 10.1 Å². The molecule has 0 radical (unpaired) electrons. The predicted octanol–water partition coefficient (Wildman–Crippen LogP) is 14.7. The normalized spacial score (nSPS) is 12.2.